The van der Waals surface area contributed by atoms with Gasteiger partial charge in [0.05, 0.1) is 27.9 Å². The maximum atomic E-state index is 14.1. The zero-order chi connectivity index (χ0) is 35.7. The summed E-state index contributed by atoms with van der Waals surface area (Å²) in [4.78, 5) is 50.7. The second-order valence-corrected chi connectivity index (χ2v) is 14.1. The average Bonchev–Trinajstić information content (AvgIpc) is 3.33. The van der Waals surface area contributed by atoms with Crippen LogP contribution in [0.25, 0.3) is 0 Å². The lowest BCUT2D eigenvalue weighted by molar-refractivity contribution is -0.142. The standard InChI is InChI=1S/C36H43ClF3N7O3/c1-22-21-47(23(2)42-22)28-10-14-45(15-11-28)34(49)26(17-24-18-29(36(38,39)40)33(41)30(37)19-24)20-32(48)44-12-8-27(9-13-44)46-16-7-25-5-3-4-6-31(25)43-35(46)50/h3-6,18-19,21,26-28H,7-17,20,41H2,1-2H3,(H,43,50). The van der Waals surface area contributed by atoms with Crippen LogP contribution in [0, 0.1) is 19.8 Å². The molecule has 3 N–H and O–H groups in total. The SMILES string of the molecule is Cc1cn(C2CCN(C(=O)C(CC(=O)N3CCC(N4CCc5ccccc5NC4=O)CC3)Cc3cc(Cl)c(N)c(C(F)(F)F)c3)CC2)c(C)n1. The van der Waals surface area contributed by atoms with Gasteiger partial charge in [0.15, 0.2) is 0 Å². The van der Waals surface area contributed by atoms with Crippen LogP contribution >= 0.6 is 11.6 Å². The summed E-state index contributed by atoms with van der Waals surface area (Å²) in [5, 5.41) is 2.76. The summed E-state index contributed by atoms with van der Waals surface area (Å²) >= 11 is 6.14. The zero-order valence-corrected chi connectivity index (χ0v) is 29.1. The molecule has 2 saturated heterocycles. The van der Waals surface area contributed by atoms with E-state index in [1.165, 1.54) is 6.07 Å². The number of anilines is 2. The molecule has 3 aliphatic heterocycles. The molecule has 0 aliphatic carbocycles. The molecule has 268 valence electrons. The molecule has 0 saturated carbocycles. The van der Waals surface area contributed by atoms with Crippen molar-refractivity contribution in [3.05, 3.63) is 75.8 Å². The number of carbonyl (C=O) groups excluding carboxylic acids is 3. The number of hydrogen-bond acceptors (Lipinski definition) is 5. The number of nitrogens with zero attached hydrogens (tertiary/aromatic N) is 5. The number of aryl methyl sites for hydroxylation is 2. The molecule has 1 aromatic heterocycles. The number of alkyl halides is 3. The van der Waals surface area contributed by atoms with Crippen LogP contribution in [0.5, 0.6) is 0 Å². The van der Waals surface area contributed by atoms with Crippen molar-refractivity contribution in [3.8, 4) is 0 Å². The van der Waals surface area contributed by atoms with Gasteiger partial charge in [0.2, 0.25) is 11.8 Å². The molecule has 3 aromatic rings. The number of amides is 4. The van der Waals surface area contributed by atoms with Crippen molar-refractivity contribution in [2.75, 3.05) is 43.8 Å². The summed E-state index contributed by atoms with van der Waals surface area (Å²) in [6.45, 7) is 6.17. The number of para-hydroxylation sites is 1. The lowest BCUT2D eigenvalue weighted by Crippen LogP contribution is -2.50. The molecule has 3 aliphatic rings. The van der Waals surface area contributed by atoms with E-state index in [2.05, 4.69) is 14.9 Å². The van der Waals surface area contributed by atoms with E-state index in [4.69, 9.17) is 17.3 Å². The van der Waals surface area contributed by atoms with Gasteiger partial charge in [0.25, 0.3) is 0 Å². The molecule has 10 nitrogen and oxygen atoms in total. The smallest absolute Gasteiger partial charge is 0.397 e. The molecule has 0 radical (unpaired) electrons. The molecular weight excluding hydrogens is 671 g/mol. The summed E-state index contributed by atoms with van der Waals surface area (Å²) in [5.41, 5.74) is 7.04. The number of halogens is 4. The largest absolute Gasteiger partial charge is 0.418 e. The third kappa shape index (κ3) is 7.72. The lowest BCUT2D eigenvalue weighted by Gasteiger charge is -2.39. The number of urea groups is 1. The fourth-order valence-electron chi connectivity index (χ4n) is 7.69. The van der Waals surface area contributed by atoms with Crippen molar-refractivity contribution in [2.45, 2.75) is 77.1 Å². The Labute approximate surface area is 294 Å². The number of nitrogens with one attached hydrogen (secondary N) is 1. The number of benzene rings is 2. The number of aromatic nitrogens is 2. The van der Waals surface area contributed by atoms with Crippen LogP contribution in [0.4, 0.5) is 29.3 Å². The van der Waals surface area contributed by atoms with E-state index >= 15 is 0 Å². The minimum atomic E-state index is -4.73. The molecular formula is C36H43ClF3N7O3. The highest BCUT2D eigenvalue weighted by Crippen LogP contribution is 2.39. The van der Waals surface area contributed by atoms with E-state index in [1.807, 2.05) is 49.2 Å². The highest BCUT2D eigenvalue weighted by Gasteiger charge is 2.37. The Kier molecular flexibility index (Phi) is 10.3. The van der Waals surface area contributed by atoms with E-state index < -0.39 is 23.3 Å². The van der Waals surface area contributed by atoms with E-state index in [0.29, 0.717) is 58.4 Å². The molecule has 50 heavy (non-hydrogen) atoms. The predicted molar refractivity (Wildman–Crippen MR) is 185 cm³/mol. The number of piperidine rings is 2. The molecule has 6 rings (SSSR count). The number of likely N-dealkylation sites (tertiary alicyclic amines) is 2. The van der Waals surface area contributed by atoms with Gasteiger partial charge >= 0.3 is 12.2 Å². The fourth-order valence-corrected chi connectivity index (χ4v) is 7.93. The second-order valence-electron chi connectivity index (χ2n) is 13.7. The number of carbonyl (C=O) groups is 3. The van der Waals surface area contributed by atoms with Gasteiger partial charge in [0.1, 0.15) is 5.82 Å². The van der Waals surface area contributed by atoms with Gasteiger partial charge in [-0.3, -0.25) is 9.59 Å². The maximum Gasteiger partial charge on any atom is 0.418 e. The predicted octanol–water partition coefficient (Wildman–Crippen LogP) is 6.25. The summed E-state index contributed by atoms with van der Waals surface area (Å²) in [5.74, 6) is -0.509. The Morgan fingerprint density at radius 2 is 1.66 bits per heavy atom. The number of nitrogen functional groups attached to an aromatic ring is 1. The second kappa shape index (κ2) is 14.5. The first kappa shape index (κ1) is 35.6. The van der Waals surface area contributed by atoms with Crippen molar-refractivity contribution in [3.63, 3.8) is 0 Å². The molecule has 0 spiro atoms. The van der Waals surface area contributed by atoms with Gasteiger partial charge in [-0.15, -0.1) is 0 Å². The van der Waals surface area contributed by atoms with Gasteiger partial charge in [-0.2, -0.15) is 13.2 Å². The van der Waals surface area contributed by atoms with Crippen LogP contribution in [-0.2, 0) is 28.6 Å². The molecule has 4 heterocycles. The number of imidazole rings is 1. The third-order valence-corrected chi connectivity index (χ3v) is 10.7. The third-order valence-electron chi connectivity index (χ3n) is 10.4. The first-order chi connectivity index (χ1) is 23.8. The van der Waals surface area contributed by atoms with Crippen molar-refractivity contribution < 1.29 is 27.6 Å². The quantitative estimate of drug-likeness (QED) is 0.281. The van der Waals surface area contributed by atoms with E-state index in [0.717, 1.165) is 35.3 Å². The first-order valence-corrected chi connectivity index (χ1v) is 17.6. The minimum absolute atomic E-state index is 0.0484. The minimum Gasteiger partial charge on any atom is -0.397 e. The fraction of sp³-hybridized carbons (Fsp3) is 0.500. The molecule has 2 aromatic carbocycles. The molecule has 0 bridgehead atoms. The van der Waals surface area contributed by atoms with Gasteiger partial charge in [0, 0.05) is 63.1 Å². The first-order valence-electron chi connectivity index (χ1n) is 17.2. The number of hydrogen-bond donors (Lipinski definition) is 2. The topological polar surface area (TPSA) is 117 Å². The van der Waals surface area contributed by atoms with Crippen molar-refractivity contribution >= 4 is 40.8 Å². The van der Waals surface area contributed by atoms with Gasteiger partial charge in [-0.05, 0) is 81.7 Å². The maximum absolute atomic E-state index is 14.1. The van der Waals surface area contributed by atoms with Gasteiger partial charge in [-0.25, -0.2) is 9.78 Å². The molecule has 4 amide bonds. The monoisotopic (exact) mass is 713 g/mol. The Balaban J connectivity index is 1.14. The number of nitrogens with two attached hydrogens (primary N) is 1. The van der Waals surface area contributed by atoms with E-state index in [9.17, 15) is 27.6 Å². The summed E-state index contributed by atoms with van der Waals surface area (Å²) in [7, 11) is 0. The van der Waals surface area contributed by atoms with Crippen LogP contribution in [0.2, 0.25) is 5.02 Å². The number of rotatable bonds is 7. The summed E-state index contributed by atoms with van der Waals surface area (Å²) in [6, 6.07) is 9.98. The van der Waals surface area contributed by atoms with Crippen LogP contribution in [0.3, 0.4) is 0 Å². The van der Waals surface area contributed by atoms with Crippen LogP contribution < -0.4 is 11.1 Å². The van der Waals surface area contributed by atoms with Crippen molar-refractivity contribution in [2.24, 2.45) is 5.92 Å². The van der Waals surface area contributed by atoms with Crippen LogP contribution in [0.1, 0.15) is 66.4 Å². The molecule has 2 fully saturated rings. The molecule has 14 heteroatoms. The Morgan fingerprint density at radius 3 is 2.32 bits per heavy atom. The Bertz CT molecular complexity index is 1750. The highest BCUT2D eigenvalue weighted by molar-refractivity contribution is 6.33. The Morgan fingerprint density at radius 1 is 1.00 bits per heavy atom. The number of fused-ring (bicyclic) bond motifs is 1. The normalized spacial score (nSPS) is 18.4. The van der Waals surface area contributed by atoms with E-state index in [1.54, 1.807) is 9.80 Å². The highest BCUT2D eigenvalue weighted by atomic mass is 35.5. The summed E-state index contributed by atoms with van der Waals surface area (Å²) < 4.78 is 43.6. The van der Waals surface area contributed by atoms with E-state index in [-0.39, 0.29) is 53.4 Å². The van der Waals surface area contributed by atoms with Crippen molar-refractivity contribution in [1.29, 1.82) is 0 Å². The van der Waals surface area contributed by atoms with Crippen LogP contribution in [0.15, 0.2) is 42.6 Å². The average molecular weight is 714 g/mol. The molecule has 1 unspecified atom stereocenters. The zero-order valence-electron chi connectivity index (χ0n) is 28.3. The van der Waals surface area contributed by atoms with Gasteiger partial charge in [-0.1, -0.05) is 29.8 Å². The molecule has 1 atom stereocenters. The Hall–Kier alpha value is -4.26. The lowest BCUT2D eigenvalue weighted by atomic mass is 9.91. The van der Waals surface area contributed by atoms with Crippen LogP contribution in [-0.4, -0.2) is 80.9 Å². The van der Waals surface area contributed by atoms with Crippen molar-refractivity contribution in [1.82, 2.24) is 24.3 Å². The summed E-state index contributed by atoms with van der Waals surface area (Å²) in [6.07, 6.45) is 0.280. The van der Waals surface area contributed by atoms with Gasteiger partial charge < -0.3 is 30.3 Å².